The molecule has 0 amide bonds. The van der Waals surface area contributed by atoms with E-state index in [0.717, 1.165) is 5.56 Å². The number of ether oxygens (including phenoxy) is 1. The Balaban J connectivity index is 2.13. The van der Waals surface area contributed by atoms with E-state index < -0.39 is 0 Å². The van der Waals surface area contributed by atoms with Gasteiger partial charge in [-0.3, -0.25) is 0 Å². The van der Waals surface area contributed by atoms with E-state index in [1.165, 1.54) is 11.1 Å². The highest BCUT2D eigenvalue weighted by Gasteiger charge is 2.03. The molecule has 0 atom stereocenters. The molecule has 18 heavy (non-hydrogen) atoms. The third kappa shape index (κ3) is 3.41. The third-order valence-corrected chi connectivity index (χ3v) is 3.12. The minimum absolute atomic E-state index is 0.489. The van der Waals surface area contributed by atoms with Crippen LogP contribution in [-0.4, -0.2) is 0 Å². The second-order valence-corrected chi connectivity index (χ2v) is 5.20. The van der Waals surface area contributed by atoms with Crippen LogP contribution in [0.25, 0.3) is 0 Å². The van der Waals surface area contributed by atoms with E-state index in [1.807, 2.05) is 0 Å². The van der Waals surface area contributed by atoms with Gasteiger partial charge in [0.25, 0.3) is 0 Å². The van der Waals surface area contributed by atoms with Gasteiger partial charge in [0.1, 0.15) is 12.4 Å². The average Bonchev–Trinajstić information content (AvgIpc) is 2.29. The maximum atomic E-state index is 6.04. The fraction of sp³-hybridized carbons (Fsp3) is 0.200. The summed E-state index contributed by atoms with van der Waals surface area (Å²) in [5, 5.41) is 1.19. The Morgan fingerprint density at radius 2 is 1.61 bits per heavy atom. The molecule has 0 saturated heterocycles. The molecule has 0 fully saturated rings. The molecule has 1 nitrogen and oxygen atoms in total. The van der Waals surface area contributed by atoms with Crippen LogP contribution in [0.2, 0.25) is 10.0 Å². The summed E-state index contributed by atoms with van der Waals surface area (Å²) in [5.41, 5.74) is 3.58. The summed E-state index contributed by atoms with van der Waals surface area (Å²) in [6, 6.07) is 11.5. The molecule has 2 rings (SSSR count). The molecule has 0 aliphatic heterocycles. The van der Waals surface area contributed by atoms with Gasteiger partial charge < -0.3 is 4.74 Å². The number of rotatable bonds is 3. The molecular formula is C15H14Cl2O. The third-order valence-electron chi connectivity index (χ3n) is 2.57. The lowest BCUT2D eigenvalue weighted by molar-refractivity contribution is 0.306. The Bertz CT molecular complexity index is 544. The molecule has 0 aromatic heterocycles. The molecule has 0 radical (unpaired) electrons. The van der Waals surface area contributed by atoms with E-state index in [9.17, 15) is 0 Å². The average molecular weight is 281 g/mol. The first-order valence-electron chi connectivity index (χ1n) is 5.69. The lowest BCUT2D eigenvalue weighted by atomic mass is 10.1. The predicted octanol–water partition coefficient (Wildman–Crippen LogP) is 5.19. The van der Waals surface area contributed by atoms with Crippen molar-refractivity contribution in [3.05, 3.63) is 63.1 Å². The molecule has 0 aliphatic carbocycles. The van der Waals surface area contributed by atoms with Crippen molar-refractivity contribution in [1.82, 2.24) is 0 Å². The van der Waals surface area contributed by atoms with Gasteiger partial charge in [0, 0.05) is 11.1 Å². The molecule has 0 spiro atoms. The van der Waals surface area contributed by atoms with Gasteiger partial charge >= 0.3 is 0 Å². The van der Waals surface area contributed by atoms with Crippen molar-refractivity contribution in [1.29, 1.82) is 0 Å². The predicted molar refractivity (Wildman–Crippen MR) is 76.7 cm³/mol. The zero-order valence-corrected chi connectivity index (χ0v) is 11.8. The highest BCUT2D eigenvalue weighted by Crippen LogP contribution is 2.28. The summed E-state index contributed by atoms with van der Waals surface area (Å²) >= 11 is 12.0. The standard InChI is InChI=1S/C15H14Cl2O/c1-10-5-11(2)7-12(6-10)9-18-15-8-13(16)3-4-14(15)17/h3-8H,9H2,1-2H3. The topological polar surface area (TPSA) is 9.23 Å². The van der Waals surface area contributed by atoms with Gasteiger partial charge in [-0.25, -0.2) is 0 Å². The summed E-state index contributed by atoms with van der Waals surface area (Å²) in [6.45, 7) is 4.63. The van der Waals surface area contributed by atoms with Crippen molar-refractivity contribution in [3.63, 3.8) is 0 Å². The number of hydrogen-bond donors (Lipinski definition) is 0. The normalized spacial score (nSPS) is 10.4. The van der Waals surface area contributed by atoms with Crippen LogP contribution in [0.4, 0.5) is 0 Å². The molecule has 0 heterocycles. The summed E-state index contributed by atoms with van der Waals surface area (Å²) < 4.78 is 5.70. The Labute approximate surface area is 117 Å². The molecule has 3 heteroatoms. The molecule has 0 unspecified atom stereocenters. The van der Waals surface area contributed by atoms with Crippen LogP contribution >= 0.6 is 23.2 Å². The molecular weight excluding hydrogens is 267 g/mol. The van der Waals surface area contributed by atoms with Crippen LogP contribution < -0.4 is 4.74 Å². The summed E-state index contributed by atoms with van der Waals surface area (Å²) in [7, 11) is 0. The van der Waals surface area contributed by atoms with Crippen LogP contribution in [-0.2, 0) is 6.61 Å². The van der Waals surface area contributed by atoms with Crippen LogP contribution in [0.15, 0.2) is 36.4 Å². The van der Waals surface area contributed by atoms with E-state index in [1.54, 1.807) is 18.2 Å². The van der Waals surface area contributed by atoms with Crippen molar-refractivity contribution in [2.24, 2.45) is 0 Å². The maximum Gasteiger partial charge on any atom is 0.139 e. The fourth-order valence-corrected chi connectivity index (χ4v) is 2.24. The van der Waals surface area contributed by atoms with Gasteiger partial charge in [0.15, 0.2) is 0 Å². The number of hydrogen-bond acceptors (Lipinski definition) is 1. The highest BCUT2D eigenvalue weighted by molar-refractivity contribution is 6.34. The van der Waals surface area contributed by atoms with Crippen LogP contribution in [0.5, 0.6) is 5.75 Å². The van der Waals surface area contributed by atoms with Crippen LogP contribution in [0.3, 0.4) is 0 Å². The van der Waals surface area contributed by atoms with E-state index in [2.05, 4.69) is 32.0 Å². The Kier molecular flexibility index (Phi) is 4.15. The van der Waals surface area contributed by atoms with Crippen LogP contribution in [0, 0.1) is 13.8 Å². The van der Waals surface area contributed by atoms with E-state index in [-0.39, 0.29) is 0 Å². The molecule has 0 N–H and O–H groups in total. The van der Waals surface area contributed by atoms with Gasteiger partial charge in [0.05, 0.1) is 5.02 Å². The summed E-state index contributed by atoms with van der Waals surface area (Å²) in [5.74, 6) is 0.614. The van der Waals surface area contributed by atoms with Crippen molar-refractivity contribution in [3.8, 4) is 5.75 Å². The molecule has 94 valence electrons. The fourth-order valence-electron chi connectivity index (χ4n) is 1.90. The Hall–Kier alpha value is -1.18. The smallest absolute Gasteiger partial charge is 0.139 e. The minimum atomic E-state index is 0.489. The minimum Gasteiger partial charge on any atom is -0.487 e. The largest absolute Gasteiger partial charge is 0.487 e. The molecule has 2 aromatic carbocycles. The second kappa shape index (κ2) is 5.64. The molecule has 2 aromatic rings. The first kappa shape index (κ1) is 13.3. The van der Waals surface area contributed by atoms with Crippen molar-refractivity contribution in [2.45, 2.75) is 20.5 Å². The van der Waals surface area contributed by atoms with Gasteiger partial charge in [-0.05, 0) is 31.5 Å². The van der Waals surface area contributed by atoms with Gasteiger partial charge in [0.2, 0.25) is 0 Å². The number of aryl methyl sites for hydroxylation is 2. The van der Waals surface area contributed by atoms with Crippen molar-refractivity contribution in [2.75, 3.05) is 0 Å². The van der Waals surface area contributed by atoms with Crippen molar-refractivity contribution >= 4 is 23.2 Å². The zero-order valence-electron chi connectivity index (χ0n) is 10.3. The zero-order chi connectivity index (χ0) is 13.1. The summed E-state index contributed by atoms with van der Waals surface area (Å²) in [4.78, 5) is 0. The van der Waals surface area contributed by atoms with Gasteiger partial charge in [-0.1, -0.05) is 52.5 Å². The Morgan fingerprint density at radius 3 is 2.28 bits per heavy atom. The molecule has 0 saturated carbocycles. The van der Waals surface area contributed by atoms with E-state index in [4.69, 9.17) is 27.9 Å². The molecule has 0 aliphatic rings. The maximum absolute atomic E-state index is 6.04. The van der Waals surface area contributed by atoms with Crippen molar-refractivity contribution < 1.29 is 4.74 Å². The SMILES string of the molecule is Cc1cc(C)cc(COc2cc(Cl)ccc2Cl)c1. The lowest BCUT2D eigenvalue weighted by Crippen LogP contribution is -1.97. The lowest BCUT2D eigenvalue weighted by Gasteiger charge is -2.09. The van der Waals surface area contributed by atoms with E-state index >= 15 is 0 Å². The second-order valence-electron chi connectivity index (χ2n) is 4.36. The first-order valence-corrected chi connectivity index (χ1v) is 6.45. The quantitative estimate of drug-likeness (QED) is 0.752. The van der Waals surface area contributed by atoms with Gasteiger partial charge in [-0.2, -0.15) is 0 Å². The highest BCUT2D eigenvalue weighted by atomic mass is 35.5. The van der Waals surface area contributed by atoms with E-state index in [0.29, 0.717) is 22.4 Å². The van der Waals surface area contributed by atoms with Crippen LogP contribution in [0.1, 0.15) is 16.7 Å². The number of benzene rings is 2. The number of halogens is 2. The van der Waals surface area contributed by atoms with Gasteiger partial charge in [-0.15, -0.1) is 0 Å². The Morgan fingerprint density at radius 1 is 0.944 bits per heavy atom. The first-order chi connectivity index (χ1) is 8.54. The molecule has 0 bridgehead atoms. The summed E-state index contributed by atoms with van der Waals surface area (Å²) in [6.07, 6.45) is 0. The monoisotopic (exact) mass is 280 g/mol.